The van der Waals surface area contributed by atoms with Crippen molar-refractivity contribution in [1.29, 1.82) is 0 Å². The van der Waals surface area contributed by atoms with E-state index in [1.165, 1.54) is 19.2 Å². The molecule has 0 aliphatic heterocycles. The largest absolute Gasteiger partial charge is 0.465 e. The molecule has 0 saturated heterocycles. The van der Waals surface area contributed by atoms with Gasteiger partial charge in [0.15, 0.2) is 0 Å². The van der Waals surface area contributed by atoms with Gasteiger partial charge in [0.25, 0.3) is 0 Å². The van der Waals surface area contributed by atoms with Gasteiger partial charge in [-0.2, -0.15) is 5.10 Å². The molecule has 3 rings (SSSR count). The van der Waals surface area contributed by atoms with Crippen molar-refractivity contribution < 1.29 is 13.9 Å². The van der Waals surface area contributed by atoms with E-state index in [0.29, 0.717) is 5.56 Å². The zero-order valence-corrected chi connectivity index (χ0v) is 12.3. The van der Waals surface area contributed by atoms with Gasteiger partial charge in [-0.05, 0) is 42.8 Å². The molecule has 1 heterocycles. The van der Waals surface area contributed by atoms with Crippen molar-refractivity contribution in [1.82, 2.24) is 9.78 Å². The highest BCUT2D eigenvalue weighted by molar-refractivity contribution is 5.95. The number of fused-ring (bicyclic) bond motifs is 1. The first-order valence-electron chi connectivity index (χ1n) is 7.00. The summed E-state index contributed by atoms with van der Waals surface area (Å²) in [6, 6.07) is 11.4. The quantitative estimate of drug-likeness (QED) is 0.695. The lowest BCUT2D eigenvalue weighted by Gasteiger charge is -2.04. The number of carbonyl (C=O) groups is 1. The van der Waals surface area contributed by atoms with Crippen LogP contribution in [0.5, 0.6) is 0 Å². The Labute approximate surface area is 127 Å². The topological polar surface area (TPSA) is 44.1 Å². The maximum Gasteiger partial charge on any atom is 0.337 e. The van der Waals surface area contributed by atoms with E-state index >= 15 is 0 Å². The molecule has 4 nitrogen and oxygen atoms in total. The van der Waals surface area contributed by atoms with E-state index in [-0.39, 0.29) is 5.82 Å². The number of ether oxygens (including phenoxy) is 1. The Morgan fingerprint density at radius 1 is 1.23 bits per heavy atom. The highest BCUT2D eigenvalue weighted by atomic mass is 19.1. The van der Waals surface area contributed by atoms with Gasteiger partial charge in [0.1, 0.15) is 5.82 Å². The van der Waals surface area contributed by atoms with Crippen LogP contribution in [-0.2, 0) is 11.2 Å². The molecule has 0 radical (unpaired) electrons. The molecule has 112 valence electrons. The third kappa shape index (κ3) is 2.35. The monoisotopic (exact) mass is 298 g/mol. The lowest BCUT2D eigenvalue weighted by Crippen LogP contribution is -2.02. The summed E-state index contributed by atoms with van der Waals surface area (Å²) in [6.07, 6.45) is 0.766. The van der Waals surface area contributed by atoms with Crippen molar-refractivity contribution in [3.05, 3.63) is 59.5 Å². The first-order chi connectivity index (χ1) is 10.6. The molecular formula is C17H15FN2O2. The van der Waals surface area contributed by atoms with E-state index in [0.717, 1.165) is 28.7 Å². The van der Waals surface area contributed by atoms with Crippen LogP contribution in [0, 0.1) is 5.82 Å². The summed E-state index contributed by atoms with van der Waals surface area (Å²) in [6.45, 7) is 2.02. The van der Waals surface area contributed by atoms with Gasteiger partial charge in [-0.3, -0.25) is 0 Å². The van der Waals surface area contributed by atoms with Crippen LogP contribution in [-0.4, -0.2) is 22.9 Å². The highest BCUT2D eigenvalue weighted by Gasteiger charge is 2.14. The van der Waals surface area contributed by atoms with Crippen LogP contribution < -0.4 is 0 Å². The first-order valence-corrected chi connectivity index (χ1v) is 7.00. The van der Waals surface area contributed by atoms with Crippen molar-refractivity contribution >= 4 is 16.9 Å². The van der Waals surface area contributed by atoms with Gasteiger partial charge in [0.2, 0.25) is 0 Å². The number of esters is 1. The van der Waals surface area contributed by atoms with Crippen LogP contribution in [0.3, 0.4) is 0 Å². The Kier molecular flexibility index (Phi) is 3.63. The highest BCUT2D eigenvalue weighted by Crippen LogP contribution is 2.24. The fraction of sp³-hybridized carbons (Fsp3) is 0.176. The van der Waals surface area contributed by atoms with Crippen LogP contribution in [0.15, 0.2) is 42.5 Å². The minimum absolute atomic E-state index is 0.300. The molecule has 0 aliphatic carbocycles. The summed E-state index contributed by atoms with van der Waals surface area (Å²) in [7, 11) is 1.35. The third-order valence-electron chi connectivity index (χ3n) is 3.58. The van der Waals surface area contributed by atoms with Crippen molar-refractivity contribution in [2.45, 2.75) is 13.3 Å². The predicted molar refractivity (Wildman–Crippen MR) is 81.7 cm³/mol. The van der Waals surface area contributed by atoms with E-state index in [9.17, 15) is 9.18 Å². The molecule has 0 atom stereocenters. The van der Waals surface area contributed by atoms with Crippen molar-refractivity contribution in [3.8, 4) is 5.69 Å². The van der Waals surface area contributed by atoms with Crippen molar-refractivity contribution in [2.24, 2.45) is 0 Å². The summed E-state index contributed by atoms with van der Waals surface area (Å²) >= 11 is 0. The molecule has 5 heteroatoms. The average Bonchev–Trinajstić information content (AvgIpc) is 2.92. The minimum atomic E-state index is -0.396. The Balaban J connectivity index is 2.24. The molecule has 0 fully saturated rings. The molecule has 3 aromatic rings. The summed E-state index contributed by atoms with van der Waals surface area (Å²) in [5.41, 5.74) is 2.93. The predicted octanol–water partition coefficient (Wildman–Crippen LogP) is 3.51. The number of benzene rings is 2. The average molecular weight is 298 g/mol. The maximum absolute atomic E-state index is 13.1. The van der Waals surface area contributed by atoms with E-state index in [1.807, 2.05) is 13.0 Å². The lowest BCUT2D eigenvalue weighted by molar-refractivity contribution is 0.0601. The number of aryl methyl sites for hydroxylation is 1. The second-order valence-electron chi connectivity index (χ2n) is 4.91. The van der Waals surface area contributed by atoms with E-state index in [4.69, 9.17) is 4.74 Å². The summed E-state index contributed by atoms with van der Waals surface area (Å²) in [4.78, 5) is 11.7. The summed E-state index contributed by atoms with van der Waals surface area (Å²) in [5, 5.41) is 5.55. The van der Waals surface area contributed by atoms with Gasteiger partial charge in [-0.25, -0.2) is 13.9 Å². The number of halogens is 1. The Morgan fingerprint density at radius 3 is 2.59 bits per heavy atom. The number of carbonyl (C=O) groups excluding carboxylic acids is 1. The molecule has 0 unspecified atom stereocenters. The second-order valence-corrected chi connectivity index (χ2v) is 4.91. The fourth-order valence-electron chi connectivity index (χ4n) is 2.46. The molecule has 2 aromatic carbocycles. The van der Waals surface area contributed by atoms with Gasteiger partial charge in [-0.1, -0.05) is 13.0 Å². The SMILES string of the molecule is CCc1nn(-c2ccc(F)cc2)c2cc(C(=O)OC)ccc12. The second kappa shape index (κ2) is 5.60. The molecule has 0 aliphatic rings. The van der Waals surface area contributed by atoms with Gasteiger partial charge in [0.05, 0.1) is 29.6 Å². The number of hydrogen-bond donors (Lipinski definition) is 0. The van der Waals surface area contributed by atoms with Crippen LogP contribution in [0.2, 0.25) is 0 Å². The van der Waals surface area contributed by atoms with Crippen LogP contribution in [0.1, 0.15) is 23.0 Å². The molecular weight excluding hydrogens is 283 g/mol. The normalized spacial score (nSPS) is 10.9. The number of rotatable bonds is 3. The smallest absolute Gasteiger partial charge is 0.337 e. The van der Waals surface area contributed by atoms with E-state index in [1.54, 1.807) is 28.9 Å². The molecule has 1 aromatic heterocycles. The maximum atomic E-state index is 13.1. The summed E-state index contributed by atoms with van der Waals surface area (Å²) in [5.74, 6) is -0.696. The lowest BCUT2D eigenvalue weighted by atomic mass is 10.1. The van der Waals surface area contributed by atoms with E-state index in [2.05, 4.69) is 5.10 Å². The van der Waals surface area contributed by atoms with Crippen molar-refractivity contribution in [2.75, 3.05) is 7.11 Å². The minimum Gasteiger partial charge on any atom is -0.465 e. The molecule has 22 heavy (non-hydrogen) atoms. The molecule has 0 saturated carbocycles. The fourth-order valence-corrected chi connectivity index (χ4v) is 2.46. The zero-order chi connectivity index (χ0) is 15.7. The molecule has 0 amide bonds. The zero-order valence-electron chi connectivity index (χ0n) is 12.3. The van der Waals surface area contributed by atoms with E-state index < -0.39 is 5.97 Å². The van der Waals surface area contributed by atoms with Crippen LogP contribution >= 0.6 is 0 Å². The first kappa shape index (κ1) is 14.3. The standard InChI is InChI=1S/C17H15FN2O2/c1-3-15-14-9-4-11(17(21)22-2)10-16(14)20(19-15)13-7-5-12(18)6-8-13/h4-10H,3H2,1-2H3. The van der Waals surface area contributed by atoms with Gasteiger partial charge in [-0.15, -0.1) is 0 Å². The van der Waals surface area contributed by atoms with Gasteiger partial charge >= 0.3 is 5.97 Å². The Bertz CT molecular complexity index is 838. The van der Waals surface area contributed by atoms with Crippen molar-refractivity contribution in [3.63, 3.8) is 0 Å². The van der Waals surface area contributed by atoms with Crippen LogP contribution in [0.25, 0.3) is 16.6 Å². The van der Waals surface area contributed by atoms with Gasteiger partial charge in [0, 0.05) is 5.39 Å². The Morgan fingerprint density at radius 2 is 1.95 bits per heavy atom. The van der Waals surface area contributed by atoms with Gasteiger partial charge < -0.3 is 4.74 Å². The van der Waals surface area contributed by atoms with Crippen LogP contribution in [0.4, 0.5) is 4.39 Å². The molecule has 0 spiro atoms. The Hall–Kier alpha value is -2.69. The number of aromatic nitrogens is 2. The molecule has 0 N–H and O–H groups in total. The third-order valence-corrected chi connectivity index (χ3v) is 3.58. The summed E-state index contributed by atoms with van der Waals surface area (Å²) < 4.78 is 19.6. The number of nitrogens with zero attached hydrogens (tertiary/aromatic N) is 2. The molecule has 0 bridgehead atoms. The number of hydrogen-bond acceptors (Lipinski definition) is 3. The number of methoxy groups -OCH3 is 1.